The van der Waals surface area contributed by atoms with Crippen LogP contribution in [0.2, 0.25) is 0 Å². The van der Waals surface area contributed by atoms with E-state index in [2.05, 4.69) is 21.3 Å². The third-order valence-electron chi connectivity index (χ3n) is 9.52. The van der Waals surface area contributed by atoms with Crippen molar-refractivity contribution in [3.63, 3.8) is 0 Å². The Morgan fingerprint density at radius 1 is 1.02 bits per heavy atom. The molecule has 6 amide bonds. The number of nitrogens with zero attached hydrogens (tertiary/aromatic N) is 2. The van der Waals surface area contributed by atoms with Gasteiger partial charge in [0, 0.05) is 20.6 Å². The Labute approximate surface area is 305 Å². The third kappa shape index (κ3) is 10.3. The van der Waals surface area contributed by atoms with Gasteiger partial charge in [-0.15, -0.1) is 0 Å². The molecule has 3 unspecified atom stereocenters. The van der Waals surface area contributed by atoms with Gasteiger partial charge in [0.1, 0.15) is 23.7 Å². The Hall–Kier alpha value is -4.01. The standard InChI is InChI=1S/C36H56N6O8S/c1-12-13-14-22(27(44)30(46)37-17-23(43)39-25(31(47)41(10)11)20-15-16-51-19-20)38-29(45)26-24-21(36(24,8)9)18-42(26)32(48)28(34(2,3)4)40-33(49)50-35(5,6)7/h15-16,19,21-22,24-26,28H,12-14,17-18H2,1-11H3,(H,37,46)(H,38,45)(H,39,43)(H,40,49)/t21?,22?,24?,25-,26-,28+/m0/s1. The number of nitrogens with one attached hydrogen (secondary N) is 4. The molecular formula is C36H56N6O8S. The lowest BCUT2D eigenvalue weighted by atomic mass is 9.85. The van der Waals surface area contributed by atoms with Crippen LogP contribution in [0.25, 0.3) is 0 Å². The maximum atomic E-state index is 14.1. The number of thiophene rings is 1. The van der Waals surface area contributed by atoms with E-state index in [1.807, 2.05) is 41.5 Å². The predicted molar refractivity (Wildman–Crippen MR) is 192 cm³/mol. The number of carbonyl (C=O) groups excluding carboxylic acids is 7. The largest absolute Gasteiger partial charge is 0.444 e. The Balaban J connectivity index is 1.75. The number of likely N-dealkylation sites (tertiary alicyclic amines) is 1. The number of ketones is 1. The molecule has 1 aliphatic heterocycles. The molecule has 1 aliphatic carbocycles. The lowest BCUT2D eigenvalue weighted by molar-refractivity contribution is -0.145. The zero-order chi connectivity index (χ0) is 38.6. The molecule has 1 saturated heterocycles. The van der Waals surface area contributed by atoms with Crippen molar-refractivity contribution in [2.75, 3.05) is 27.2 Å². The van der Waals surface area contributed by atoms with Crippen molar-refractivity contribution in [2.45, 2.75) is 111 Å². The van der Waals surface area contributed by atoms with Crippen LogP contribution >= 0.6 is 11.3 Å². The number of amides is 6. The molecule has 51 heavy (non-hydrogen) atoms. The molecular weight excluding hydrogens is 676 g/mol. The topological polar surface area (TPSA) is 183 Å². The second-order valence-electron chi connectivity index (χ2n) is 16.4. The van der Waals surface area contributed by atoms with Gasteiger partial charge in [0.25, 0.3) is 5.91 Å². The number of fused-ring (bicyclic) bond motifs is 1. The van der Waals surface area contributed by atoms with E-state index in [0.29, 0.717) is 24.9 Å². The lowest BCUT2D eigenvalue weighted by Gasteiger charge is -2.38. The van der Waals surface area contributed by atoms with E-state index in [1.165, 1.54) is 21.1 Å². The third-order valence-corrected chi connectivity index (χ3v) is 10.2. The summed E-state index contributed by atoms with van der Waals surface area (Å²) in [5.41, 5.74) is -1.17. The van der Waals surface area contributed by atoms with Crippen molar-refractivity contribution in [1.82, 2.24) is 31.1 Å². The average molecular weight is 733 g/mol. The minimum absolute atomic E-state index is 0.0308. The van der Waals surface area contributed by atoms with Gasteiger partial charge < -0.3 is 35.8 Å². The number of ether oxygens (including phenoxy) is 1. The number of likely N-dealkylation sites (N-methyl/N-ethyl adjacent to an activating group) is 1. The first-order valence-electron chi connectivity index (χ1n) is 17.5. The van der Waals surface area contributed by atoms with Gasteiger partial charge in [-0.05, 0) is 72.2 Å². The van der Waals surface area contributed by atoms with Crippen molar-refractivity contribution < 1.29 is 38.3 Å². The van der Waals surface area contributed by atoms with E-state index in [9.17, 15) is 33.6 Å². The molecule has 4 N–H and O–H groups in total. The molecule has 0 bridgehead atoms. The molecule has 2 fully saturated rings. The summed E-state index contributed by atoms with van der Waals surface area (Å²) in [5, 5.41) is 13.9. The summed E-state index contributed by atoms with van der Waals surface area (Å²) < 4.78 is 5.43. The van der Waals surface area contributed by atoms with Gasteiger partial charge in [0.05, 0.1) is 12.6 Å². The number of hydrogen-bond acceptors (Lipinski definition) is 9. The van der Waals surface area contributed by atoms with Crippen LogP contribution in [0.4, 0.5) is 4.79 Å². The van der Waals surface area contributed by atoms with Crippen LogP contribution in [0, 0.1) is 22.7 Å². The van der Waals surface area contributed by atoms with Crippen LogP contribution in [0.3, 0.4) is 0 Å². The van der Waals surface area contributed by atoms with Gasteiger partial charge in [-0.3, -0.25) is 28.8 Å². The van der Waals surface area contributed by atoms with Gasteiger partial charge in [-0.25, -0.2) is 4.79 Å². The highest BCUT2D eigenvalue weighted by Crippen LogP contribution is 2.65. The van der Waals surface area contributed by atoms with Crippen molar-refractivity contribution >= 4 is 52.7 Å². The Morgan fingerprint density at radius 2 is 1.67 bits per heavy atom. The zero-order valence-electron chi connectivity index (χ0n) is 31.8. The van der Waals surface area contributed by atoms with Crippen molar-refractivity contribution in [3.8, 4) is 0 Å². The fraction of sp³-hybridized carbons (Fsp3) is 0.694. The molecule has 15 heteroatoms. The highest BCUT2D eigenvalue weighted by atomic mass is 32.1. The SMILES string of the molecule is CCCCC(NC(=O)[C@@H]1C2C(CN1C(=O)[C@@H](NC(=O)OC(C)(C)C)C(C)(C)C)C2(C)C)C(=O)C(=O)NCC(=O)N[C@H](C(=O)N(C)C)c1ccsc1. The minimum Gasteiger partial charge on any atom is -0.444 e. The van der Waals surface area contributed by atoms with Crippen LogP contribution < -0.4 is 21.3 Å². The van der Waals surface area contributed by atoms with Crippen LogP contribution in [-0.2, 0) is 33.5 Å². The smallest absolute Gasteiger partial charge is 0.408 e. The number of carbonyl (C=O) groups is 7. The molecule has 1 aromatic rings. The van der Waals surface area contributed by atoms with E-state index in [1.54, 1.807) is 51.7 Å². The van der Waals surface area contributed by atoms with E-state index < -0.39 is 77.2 Å². The maximum Gasteiger partial charge on any atom is 0.408 e. The first-order chi connectivity index (χ1) is 23.5. The number of rotatable bonds is 14. The summed E-state index contributed by atoms with van der Waals surface area (Å²) in [6.07, 6.45) is 0.623. The molecule has 6 atom stereocenters. The molecule has 284 valence electrons. The van der Waals surface area contributed by atoms with E-state index >= 15 is 0 Å². The Kier molecular flexibility index (Phi) is 13.1. The summed E-state index contributed by atoms with van der Waals surface area (Å²) >= 11 is 1.37. The number of piperidine rings is 1. The van der Waals surface area contributed by atoms with Gasteiger partial charge in [-0.1, -0.05) is 54.4 Å². The molecule has 1 saturated carbocycles. The van der Waals surface area contributed by atoms with Gasteiger partial charge in [-0.2, -0.15) is 11.3 Å². The first kappa shape index (κ1) is 41.4. The zero-order valence-corrected chi connectivity index (χ0v) is 32.6. The number of Topliss-reactive ketones (excluding diaryl/α,β-unsaturated/α-hetero) is 1. The highest BCUT2D eigenvalue weighted by Gasteiger charge is 2.70. The fourth-order valence-electron chi connectivity index (χ4n) is 6.59. The Bertz CT molecular complexity index is 1480. The van der Waals surface area contributed by atoms with E-state index in [0.717, 1.165) is 0 Å². The minimum atomic E-state index is -1.20. The van der Waals surface area contributed by atoms with Crippen molar-refractivity contribution in [3.05, 3.63) is 22.4 Å². The number of hydrogen-bond donors (Lipinski definition) is 4. The summed E-state index contributed by atoms with van der Waals surface area (Å²) in [6, 6.07) is -2.40. The van der Waals surface area contributed by atoms with Crippen molar-refractivity contribution in [1.29, 1.82) is 0 Å². The molecule has 14 nitrogen and oxygen atoms in total. The fourth-order valence-corrected chi connectivity index (χ4v) is 7.28. The molecule has 2 aliphatic rings. The molecule has 0 radical (unpaired) electrons. The Morgan fingerprint density at radius 3 is 2.20 bits per heavy atom. The highest BCUT2D eigenvalue weighted by molar-refractivity contribution is 7.08. The average Bonchev–Trinajstić information content (AvgIpc) is 3.46. The maximum absolute atomic E-state index is 14.1. The summed E-state index contributed by atoms with van der Waals surface area (Å²) in [6.45, 7) is 16.3. The van der Waals surface area contributed by atoms with E-state index in [4.69, 9.17) is 4.74 Å². The lowest BCUT2D eigenvalue weighted by Crippen LogP contribution is -2.60. The van der Waals surface area contributed by atoms with Crippen molar-refractivity contribution in [2.24, 2.45) is 22.7 Å². The van der Waals surface area contributed by atoms with Crippen LogP contribution in [0.1, 0.15) is 93.2 Å². The molecule has 1 aromatic heterocycles. The first-order valence-corrected chi connectivity index (χ1v) is 18.4. The van der Waals surface area contributed by atoms with Crippen LogP contribution in [0.5, 0.6) is 0 Å². The monoisotopic (exact) mass is 732 g/mol. The van der Waals surface area contributed by atoms with Gasteiger partial charge in [0.2, 0.25) is 29.4 Å². The normalized spacial score (nSPS) is 20.9. The number of unbranched alkanes of at least 4 members (excludes halogenated alkanes) is 1. The summed E-state index contributed by atoms with van der Waals surface area (Å²) in [5.74, 6) is -4.18. The molecule has 0 spiro atoms. The summed E-state index contributed by atoms with van der Waals surface area (Å²) in [4.78, 5) is 95.9. The molecule has 2 heterocycles. The van der Waals surface area contributed by atoms with Gasteiger partial charge in [0.15, 0.2) is 0 Å². The van der Waals surface area contributed by atoms with Gasteiger partial charge >= 0.3 is 6.09 Å². The number of alkyl carbamates (subject to hydrolysis) is 1. The molecule has 0 aromatic carbocycles. The van der Waals surface area contributed by atoms with Crippen LogP contribution in [0.15, 0.2) is 16.8 Å². The van der Waals surface area contributed by atoms with Crippen LogP contribution in [-0.4, -0.2) is 102 Å². The second kappa shape index (κ2) is 16.1. The predicted octanol–water partition coefficient (Wildman–Crippen LogP) is 2.78. The summed E-state index contributed by atoms with van der Waals surface area (Å²) in [7, 11) is 3.13. The second-order valence-corrected chi connectivity index (χ2v) is 17.2. The quantitative estimate of drug-likeness (QED) is 0.211. The molecule has 3 rings (SSSR count). The van der Waals surface area contributed by atoms with E-state index in [-0.39, 0.29) is 29.6 Å².